The van der Waals surface area contributed by atoms with Crippen LogP contribution in [0.15, 0.2) is 60.7 Å². The minimum atomic E-state index is -0.378. The fourth-order valence-corrected chi connectivity index (χ4v) is 2.32. The minimum Gasteiger partial charge on any atom is -0.872 e. The summed E-state index contributed by atoms with van der Waals surface area (Å²) < 4.78 is 0. The van der Waals surface area contributed by atoms with Gasteiger partial charge in [-0.15, -0.1) is 0 Å². The van der Waals surface area contributed by atoms with E-state index in [0.717, 1.165) is 16.3 Å². The Labute approximate surface area is 151 Å². The molecule has 104 valence electrons. The Morgan fingerprint density at radius 3 is 2.32 bits per heavy atom. The SMILES string of the molecule is Cc1cccc(NC(=O)c2cc3ccccc3cc2[O-])c1.[Na+]. The van der Waals surface area contributed by atoms with E-state index in [2.05, 4.69) is 5.32 Å². The number of hydrogen-bond donors (Lipinski definition) is 1. The summed E-state index contributed by atoms with van der Waals surface area (Å²) in [6, 6.07) is 18.1. The van der Waals surface area contributed by atoms with Gasteiger partial charge < -0.3 is 10.4 Å². The van der Waals surface area contributed by atoms with Crippen LogP contribution in [0.4, 0.5) is 5.69 Å². The summed E-state index contributed by atoms with van der Waals surface area (Å²) in [5.74, 6) is -0.643. The van der Waals surface area contributed by atoms with Crippen LogP contribution < -0.4 is 40.0 Å². The predicted octanol–water partition coefficient (Wildman–Crippen LogP) is 0.478. The Morgan fingerprint density at radius 1 is 0.955 bits per heavy atom. The molecule has 0 aromatic heterocycles. The summed E-state index contributed by atoms with van der Waals surface area (Å²) >= 11 is 0. The van der Waals surface area contributed by atoms with E-state index in [1.54, 1.807) is 12.1 Å². The van der Waals surface area contributed by atoms with Crippen LogP contribution in [0.3, 0.4) is 0 Å². The van der Waals surface area contributed by atoms with Gasteiger partial charge in [-0.2, -0.15) is 0 Å². The smallest absolute Gasteiger partial charge is 0.872 e. The Bertz CT molecular complexity index is 830. The Kier molecular flexibility index (Phi) is 5.24. The molecule has 0 aliphatic rings. The van der Waals surface area contributed by atoms with Gasteiger partial charge in [0.15, 0.2) is 0 Å². The van der Waals surface area contributed by atoms with E-state index in [-0.39, 0.29) is 46.8 Å². The molecule has 0 spiro atoms. The van der Waals surface area contributed by atoms with Crippen LogP contribution in [-0.2, 0) is 0 Å². The first kappa shape index (κ1) is 16.6. The zero-order valence-corrected chi connectivity index (χ0v) is 14.6. The van der Waals surface area contributed by atoms with E-state index in [1.165, 1.54) is 6.07 Å². The first-order valence-corrected chi connectivity index (χ1v) is 6.71. The summed E-state index contributed by atoms with van der Waals surface area (Å²) in [4.78, 5) is 12.3. The molecule has 0 radical (unpaired) electrons. The number of rotatable bonds is 2. The molecule has 0 fully saturated rings. The molecule has 0 atom stereocenters. The van der Waals surface area contributed by atoms with Crippen molar-refractivity contribution in [1.82, 2.24) is 0 Å². The molecule has 0 aliphatic carbocycles. The molecule has 0 aliphatic heterocycles. The normalized spacial score (nSPS) is 10.0. The van der Waals surface area contributed by atoms with Crippen LogP contribution in [0.2, 0.25) is 0 Å². The first-order valence-electron chi connectivity index (χ1n) is 6.71. The molecule has 1 N–H and O–H groups in total. The van der Waals surface area contributed by atoms with Crippen molar-refractivity contribution >= 4 is 22.4 Å². The third-order valence-electron chi connectivity index (χ3n) is 3.37. The largest absolute Gasteiger partial charge is 1.00 e. The van der Waals surface area contributed by atoms with E-state index >= 15 is 0 Å². The van der Waals surface area contributed by atoms with Gasteiger partial charge in [0.25, 0.3) is 5.91 Å². The molecular formula is C18H14NNaO2. The van der Waals surface area contributed by atoms with Crippen molar-refractivity contribution in [2.24, 2.45) is 0 Å². The maximum Gasteiger partial charge on any atom is 1.00 e. The van der Waals surface area contributed by atoms with E-state index in [4.69, 9.17) is 0 Å². The molecule has 3 nitrogen and oxygen atoms in total. The molecule has 0 heterocycles. The maximum atomic E-state index is 12.3. The van der Waals surface area contributed by atoms with Crippen LogP contribution >= 0.6 is 0 Å². The molecule has 0 saturated carbocycles. The molecule has 0 unspecified atom stereocenters. The van der Waals surface area contributed by atoms with Gasteiger partial charge >= 0.3 is 29.6 Å². The van der Waals surface area contributed by atoms with Crippen LogP contribution in [-0.4, -0.2) is 5.91 Å². The van der Waals surface area contributed by atoms with Gasteiger partial charge in [-0.05, 0) is 41.5 Å². The number of amides is 1. The minimum absolute atomic E-state index is 0. The van der Waals surface area contributed by atoms with Crippen LogP contribution in [0.25, 0.3) is 10.8 Å². The van der Waals surface area contributed by atoms with Crippen LogP contribution in [0.1, 0.15) is 15.9 Å². The Balaban J connectivity index is 0.00000176. The van der Waals surface area contributed by atoms with Gasteiger partial charge in [0.2, 0.25) is 0 Å². The van der Waals surface area contributed by atoms with E-state index < -0.39 is 0 Å². The zero-order valence-electron chi connectivity index (χ0n) is 12.6. The number of benzene rings is 3. The summed E-state index contributed by atoms with van der Waals surface area (Å²) in [6.45, 7) is 1.95. The molecule has 3 aromatic rings. The second-order valence-corrected chi connectivity index (χ2v) is 5.02. The van der Waals surface area contributed by atoms with E-state index in [9.17, 15) is 9.90 Å². The van der Waals surface area contributed by atoms with Gasteiger partial charge in [-0.1, -0.05) is 48.2 Å². The number of anilines is 1. The van der Waals surface area contributed by atoms with Crippen molar-refractivity contribution in [3.05, 3.63) is 71.8 Å². The Morgan fingerprint density at radius 2 is 1.64 bits per heavy atom. The topological polar surface area (TPSA) is 52.2 Å². The average molecular weight is 299 g/mol. The van der Waals surface area contributed by atoms with Gasteiger partial charge in [0.1, 0.15) is 0 Å². The number of carbonyl (C=O) groups excluding carboxylic acids is 1. The molecule has 0 saturated heterocycles. The van der Waals surface area contributed by atoms with Gasteiger partial charge in [-0.3, -0.25) is 4.79 Å². The van der Waals surface area contributed by atoms with E-state index in [0.29, 0.717) is 5.69 Å². The van der Waals surface area contributed by atoms with Crippen LogP contribution in [0.5, 0.6) is 5.75 Å². The fraction of sp³-hybridized carbons (Fsp3) is 0.0556. The second kappa shape index (κ2) is 6.97. The fourth-order valence-electron chi connectivity index (χ4n) is 2.32. The first-order chi connectivity index (χ1) is 10.1. The summed E-state index contributed by atoms with van der Waals surface area (Å²) in [5.41, 5.74) is 1.90. The van der Waals surface area contributed by atoms with Crippen molar-refractivity contribution in [3.63, 3.8) is 0 Å². The molecule has 4 heteroatoms. The monoisotopic (exact) mass is 299 g/mol. The number of fused-ring (bicyclic) bond motifs is 1. The summed E-state index contributed by atoms with van der Waals surface area (Å²) in [5, 5.41) is 16.6. The van der Waals surface area contributed by atoms with E-state index in [1.807, 2.05) is 49.4 Å². The molecule has 3 rings (SSSR count). The number of carbonyl (C=O) groups is 1. The van der Waals surface area contributed by atoms with Crippen molar-refractivity contribution in [3.8, 4) is 5.75 Å². The number of aryl methyl sites for hydroxylation is 1. The van der Waals surface area contributed by atoms with Crippen molar-refractivity contribution in [1.29, 1.82) is 0 Å². The summed E-state index contributed by atoms with van der Waals surface area (Å²) in [7, 11) is 0. The molecular weight excluding hydrogens is 285 g/mol. The maximum absolute atomic E-state index is 12.3. The number of nitrogens with one attached hydrogen (secondary N) is 1. The third-order valence-corrected chi connectivity index (χ3v) is 3.37. The van der Waals surface area contributed by atoms with Crippen LogP contribution in [0, 0.1) is 6.92 Å². The summed E-state index contributed by atoms with van der Waals surface area (Å²) in [6.07, 6.45) is 0. The average Bonchev–Trinajstić information content (AvgIpc) is 2.46. The number of hydrogen-bond acceptors (Lipinski definition) is 2. The second-order valence-electron chi connectivity index (χ2n) is 5.02. The zero-order chi connectivity index (χ0) is 14.8. The Hall–Kier alpha value is -1.81. The van der Waals surface area contributed by atoms with Gasteiger partial charge in [0.05, 0.1) is 0 Å². The molecule has 22 heavy (non-hydrogen) atoms. The standard InChI is InChI=1S/C18H15NO2.Na/c1-12-5-4-8-15(9-12)19-18(21)16-10-13-6-2-3-7-14(13)11-17(16)20;/h2-11,20H,1H3,(H,19,21);/q;+1/p-1. The van der Waals surface area contributed by atoms with Gasteiger partial charge in [0, 0.05) is 11.3 Å². The van der Waals surface area contributed by atoms with Gasteiger partial charge in [-0.25, -0.2) is 0 Å². The molecule has 0 bridgehead atoms. The molecule has 1 amide bonds. The van der Waals surface area contributed by atoms with Crippen molar-refractivity contribution < 1.29 is 39.5 Å². The quantitative estimate of drug-likeness (QED) is 0.700. The molecule has 3 aromatic carbocycles. The van der Waals surface area contributed by atoms with Crippen molar-refractivity contribution in [2.45, 2.75) is 6.92 Å². The third kappa shape index (κ3) is 3.50. The van der Waals surface area contributed by atoms with Crippen molar-refractivity contribution in [2.75, 3.05) is 5.32 Å². The predicted molar refractivity (Wildman–Crippen MR) is 82.5 cm³/mol.